The van der Waals surface area contributed by atoms with Crippen molar-refractivity contribution in [3.63, 3.8) is 0 Å². The molecule has 0 unspecified atom stereocenters. The van der Waals surface area contributed by atoms with Gasteiger partial charge >= 0.3 is 6.18 Å². The van der Waals surface area contributed by atoms with Gasteiger partial charge in [-0.15, -0.1) is 0 Å². The molecular formula is C6H8F3N3O. The predicted octanol–water partition coefficient (Wildman–Crippen LogP) is 0.748. The first kappa shape index (κ1) is 9.97. The van der Waals surface area contributed by atoms with Crippen molar-refractivity contribution in [2.45, 2.75) is 19.0 Å². The second-order valence-corrected chi connectivity index (χ2v) is 2.44. The minimum atomic E-state index is -4.47. The molecule has 0 aliphatic rings. The van der Waals surface area contributed by atoms with Crippen LogP contribution in [0.15, 0.2) is 0 Å². The van der Waals surface area contributed by atoms with Crippen molar-refractivity contribution in [1.29, 1.82) is 0 Å². The number of aliphatic hydroxyl groups excluding tert-OH is 1. The van der Waals surface area contributed by atoms with Gasteiger partial charge in [0.15, 0.2) is 5.69 Å². The van der Waals surface area contributed by atoms with Crippen molar-refractivity contribution < 1.29 is 18.3 Å². The van der Waals surface area contributed by atoms with Crippen LogP contribution in [-0.4, -0.2) is 27.1 Å². The van der Waals surface area contributed by atoms with Gasteiger partial charge in [0.05, 0.1) is 5.69 Å². The van der Waals surface area contributed by atoms with E-state index in [1.54, 1.807) is 0 Å². The summed E-state index contributed by atoms with van der Waals surface area (Å²) < 4.78 is 36.4. The molecule has 7 heteroatoms. The molecule has 0 saturated carbocycles. The van der Waals surface area contributed by atoms with Crippen LogP contribution in [0.2, 0.25) is 0 Å². The molecule has 0 bridgehead atoms. The summed E-state index contributed by atoms with van der Waals surface area (Å²) in [6, 6.07) is 0. The van der Waals surface area contributed by atoms with Crippen molar-refractivity contribution >= 4 is 0 Å². The molecule has 0 saturated heterocycles. The van der Waals surface area contributed by atoms with Crippen molar-refractivity contribution in [3.05, 3.63) is 11.4 Å². The fraction of sp³-hybridized carbons (Fsp3) is 0.667. The molecule has 13 heavy (non-hydrogen) atoms. The zero-order valence-electron chi connectivity index (χ0n) is 6.60. The quantitative estimate of drug-likeness (QED) is 0.748. The van der Waals surface area contributed by atoms with Crippen LogP contribution in [0.4, 0.5) is 13.2 Å². The third-order valence-corrected chi connectivity index (χ3v) is 1.46. The lowest BCUT2D eigenvalue weighted by Crippen LogP contribution is -2.09. The van der Waals surface area contributed by atoms with Crippen LogP contribution in [0.25, 0.3) is 0 Å². The van der Waals surface area contributed by atoms with Crippen molar-refractivity contribution in [3.8, 4) is 0 Å². The molecule has 1 aromatic rings. The maximum Gasteiger partial charge on any atom is 0.437 e. The number of aliphatic hydroxyl groups is 1. The van der Waals surface area contributed by atoms with Crippen LogP contribution >= 0.6 is 0 Å². The predicted molar refractivity (Wildman–Crippen MR) is 36.8 cm³/mol. The summed E-state index contributed by atoms with van der Waals surface area (Å²) in [5, 5.41) is 16.7. The molecule has 4 nitrogen and oxygen atoms in total. The number of aryl methyl sites for hydroxylation is 1. The zero-order valence-corrected chi connectivity index (χ0v) is 6.60. The van der Waals surface area contributed by atoms with E-state index in [2.05, 4.69) is 10.2 Å². The van der Waals surface area contributed by atoms with Gasteiger partial charge in [0.25, 0.3) is 0 Å². The van der Waals surface area contributed by atoms with Gasteiger partial charge in [-0.2, -0.15) is 28.6 Å². The summed E-state index contributed by atoms with van der Waals surface area (Å²) >= 11 is 0. The number of rotatable bonds is 3. The van der Waals surface area contributed by atoms with E-state index in [9.17, 15) is 13.2 Å². The van der Waals surface area contributed by atoms with E-state index in [1.807, 2.05) is 5.21 Å². The summed E-state index contributed by atoms with van der Waals surface area (Å²) in [5.41, 5.74) is -1.15. The number of aromatic amines is 1. The van der Waals surface area contributed by atoms with E-state index in [0.29, 0.717) is 0 Å². The number of H-pyrrole nitrogens is 1. The van der Waals surface area contributed by atoms with Crippen molar-refractivity contribution in [1.82, 2.24) is 15.4 Å². The Bertz CT molecular complexity index is 270. The first-order chi connectivity index (χ1) is 6.05. The standard InChI is InChI=1S/C6H8F3N3O/c7-6(8,9)5-4(2-1-3-13)10-12-11-5/h13H,1-3H2,(H,10,11,12). The van der Waals surface area contributed by atoms with Gasteiger partial charge in [-0.1, -0.05) is 0 Å². The zero-order chi connectivity index (χ0) is 9.90. The lowest BCUT2D eigenvalue weighted by atomic mass is 10.2. The molecule has 0 amide bonds. The Hall–Kier alpha value is -1.11. The summed E-state index contributed by atoms with van der Waals surface area (Å²) in [4.78, 5) is 0. The summed E-state index contributed by atoms with van der Waals surface area (Å²) in [5.74, 6) is 0. The lowest BCUT2D eigenvalue weighted by Gasteiger charge is -2.03. The molecule has 0 radical (unpaired) electrons. The number of halogens is 3. The topological polar surface area (TPSA) is 61.8 Å². The lowest BCUT2D eigenvalue weighted by molar-refractivity contribution is -0.141. The monoisotopic (exact) mass is 195 g/mol. The van der Waals surface area contributed by atoms with Crippen LogP contribution < -0.4 is 0 Å². The second kappa shape index (κ2) is 3.73. The fourth-order valence-electron chi connectivity index (χ4n) is 0.901. The minimum absolute atomic E-state index is 0.0713. The van der Waals surface area contributed by atoms with Gasteiger partial charge < -0.3 is 5.11 Å². The summed E-state index contributed by atoms with van der Waals surface area (Å²) in [7, 11) is 0. The molecule has 1 aromatic heterocycles. The fourth-order valence-corrected chi connectivity index (χ4v) is 0.901. The summed E-state index contributed by atoms with van der Waals surface area (Å²) in [6.45, 7) is -0.163. The van der Waals surface area contributed by atoms with E-state index in [4.69, 9.17) is 5.11 Å². The molecular weight excluding hydrogens is 187 g/mol. The third-order valence-electron chi connectivity index (χ3n) is 1.46. The van der Waals surface area contributed by atoms with Crippen molar-refractivity contribution in [2.24, 2.45) is 0 Å². The number of hydrogen-bond acceptors (Lipinski definition) is 3. The Labute approximate surface area is 71.8 Å². The highest BCUT2D eigenvalue weighted by atomic mass is 19.4. The molecule has 74 valence electrons. The molecule has 1 heterocycles. The highest BCUT2D eigenvalue weighted by Gasteiger charge is 2.36. The van der Waals surface area contributed by atoms with Gasteiger partial charge in [-0.25, -0.2) is 0 Å². The van der Waals surface area contributed by atoms with Gasteiger partial charge in [-0.05, 0) is 12.8 Å². The summed E-state index contributed by atoms with van der Waals surface area (Å²) in [6.07, 6.45) is -4.16. The van der Waals surface area contributed by atoms with Gasteiger partial charge in [0.1, 0.15) is 0 Å². The number of alkyl halides is 3. The number of aromatic nitrogens is 3. The molecule has 0 aliphatic heterocycles. The molecule has 0 fully saturated rings. The van der Waals surface area contributed by atoms with Gasteiger partial charge in [0, 0.05) is 6.61 Å². The molecule has 0 atom stereocenters. The van der Waals surface area contributed by atoms with Crippen LogP contribution in [0.3, 0.4) is 0 Å². The molecule has 1 rings (SSSR count). The van der Waals surface area contributed by atoms with Crippen molar-refractivity contribution in [2.75, 3.05) is 6.61 Å². The van der Waals surface area contributed by atoms with E-state index in [1.165, 1.54) is 0 Å². The van der Waals surface area contributed by atoms with Crippen LogP contribution in [0.5, 0.6) is 0 Å². The number of nitrogens with one attached hydrogen (secondary N) is 1. The molecule has 2 N–H and O–H groups in total. The number of nitrogens with zero attached hydrogens (tertiary/aromatic N) is 2. The van der Waals surface area contributed by atoms with Crippen LogP contribution in [-0.2, 0) is 12.6 Å². The smallest absolute Gasteiger partial charge is 0.396 e. The molecule has 0 aliphatic carbocycles. The largest absolute Gasteiger partial charge is 0.437 e. The first-order valence-corrected chi connectivity index (χ1v) is 3.63. The normalized spacial score (nSPS) is 12.0. The highest BCUT2D eigenvalue weighted by Crippen LogP contribution is 2.29. The Morgan fingerprint density at radius 3 is 2.54 bits per heavy atom. The van der Waals surface area contributed by atoms with Crippen LogP contribution in [0, 0.1) is 0 Å². The van der Waals surface area contributed by atoms with Crippen LogP contribution in [0.1, 0.15) is 17.8 Å². The van der Waals surface area contributed by atoms with E-state index in [-0.39, 0.29) is 25.1 Å². The molecule has 0 aromatic carbocycles. The first-order valence-electron chi connectivity index (χ1n) is 3.63. The number of hydrogen-bond donors (Lipinski definition) is 2. The van der Waals surface area contributed by atoms with Gasteiger partial charge in [0.2, 0.25) is 0 Å². The Morgan fingerprint density at radius 1 is 1.31 bits per heavy atom. The highest BCUT2D eigenvalue weighted by molar-refractivity contribution is 5.12. The maximum atomic E-state index is 12.1. The minimum Gasteiger partial charge on any atom is -0.396 e. The average molecular weight is 195 g/mol. The maximum absolute atomic E-state index is 12.1. The average Bonchev–Trinajstić information content (AvgIpc) is 2.47. The SMILES string of the molecule is OCCCc1n[nH]nc1C(F)(F)F. The second-order valence-electron chi connectivity index (χ2n) is 2.44. The Kier molecular flexibility index (Phi) is 2.86. The van der Waals surface area contributed by atoms with E-state index in [0.717, 1.165) is 0 Å². The van der Waals surface area contributed by atoms with Gasteiger partial charge in [-0.3, -0.25) is 0 Å². The molecule has 0 spiro atoms. The van der Waals surface area contributed by atoms with E-state index < -0.39 is 11.9 Å². The third kappa shape index (κ3) is 2.41. The Morgan fingerprint density at radius 2 is 2.00 bits per heavy atom. The Balaban J connectivity index is 2.77. The van der Waals surface area contributed by atoms with E-state index >= 15 is 0 Å².